The van der Waals surface area contributed by atoms with Gasteiger partial charge in [-0.1, -0.05) is 18.7 Å². The number of piperazine rings is 1. The van der Waals surface area contributed by atoms with Crippen LogP contribution in [0.4, 0.5) is 0 Å². The summed E-state index contributed by atoms with van der Waals surface area (Å²) >= 11 is 0. The van der Waals surface area contributed by atoms with Crippen LogP contribution in [0.1, 0.15) is 0 Å². The van der Waals surface area contributed by atoms with Crippen molar-refractivity contribution >= 4 is 32.7 Å². The van der Waals surface area contributed by atoms with Crippen molar-refractivity contribution in [2.45, 2.75) is 4.90 Å². The van der Waals surface area contributed by atoms with E-state index in [2.05, 4.69) is 11.9 Å². The third-order valence-corrected chi connectivity index (χ3v) is 6.88. The zero-order valence-corrected chi connectivity index (χ0v) is 17.2. The minimum absolute atomic E-state index is 0.138. The van der Waals surface area contributed by atoms with Crippen LogP contribution in [0.5, 0.6) is 5.75 Å². The summed E-state index contributed by atoms with van der Waals surface area (Å²) in [5.41, 5.74) is 0.709. The smallest absolute Gasteiger partial charge is 0.245 e. The maximum Gasteiger partial charge on any atom is 0.245 e. The van der Waals surface area contributed by atoms with E-state index in [0.717, 1.165) is 6.08 Å². The molecule has 0 aliphatic carbocycles. The Bertz CT molecular complexity index is 1050. The van der Waals surface area contributed by atoms with Gasteiger partial charge in [-0.05, 0) is 12.1 Å². The van der Waals surface area contributed by atoms with Gasteiger partial charge in [-0.15, -0.1) is 0 Å². The lowest BCUT2D eigenvalue weighted by Crippen LogP contribution is -2.52. The fourth-order valence-corrected chi connectivity index (χ4v) is 5.08. The molecule has 0 unspecified atom stereocenters. The molecule has 2 amide bonds. The van der Waals surface area contributed by atoms with Crippen LogP contribution in [0.3, 0.4) is 0 Å². The maximum atomic E-state index is 13.2. The summed E-state index contributed by atoms with van der Waals surface area (Å²) in [7, 11) is -0.414. The number of nitrogens with zero attached hydrogens (tertiary/aromatic N) is 3. The first-order chi connectivity index (χ1) is 13.8. The predicted molar refractivity (Wildman–Crippen MR) is 108 cm³/mol. The van der Waals surface area contributed by atoms with Gasteiger partial charge in [-0.25, -0.2) is 8.42 Å². The molecule has 1 aliphatic heterocycles. The highest BCUT2D eigenvalue weighted by molar-refractivity contribution is 7.89. The third kappa shape index (κ3) is 3.99. The Hall–Kier alpha value is -2.85. The number of aromatic nitrogens is 1. The van der Waals surface area contributed by atoms with Crippen molar-refractivity contribution in [3.8, 4) is 5.75 Å². The van der Waals surface area contributed by atoms with Crippen LogP contribution in [-0.4, -0.2) is 73.8 Å². The van der Waals surface area contributed by atoms with Gasteiger partial charge in [0.25, 0.3) is 0 Å². The molecule has 0 atom stereocenters. The zero-order valence-electron chi connectivity index (χ0n) is 16.4. The van der Waals surface area contributed by atoms with Crippen LogP contribution in [-0.2, 0) is 26.7 Å². The molecule has 1 aromatic heterocycles. The summed E-state index contributed by atoms with van der Waals surface area (Å²) < 4.78 is 35.0. The minimum Gasteiger partial charge on any atom is -0.495 e. The van der Waals surface area contributed by atoms with Gasteiger partial charge in [0, 0.05) is 44.8 Å². The number of aryl methyl sites for hydroxylation is 1. The number of ether oxygens (including phenoxy) is 1. The number of benzene rings is 1. The maximum absolute atomic E-state index is 13.2. The summed E-state index contributed by atoms with van der Waals surface area (Å²) in [4.78, 5) is 25.1. The van der Waals surface area contributed by atoms with Crippen molar-refractivity contribution in [1.82, 2.24) is 19.1 Å². The van der Waals surface area contributed by atoms with Crippen molar-refractivity contribution in [3.63, 3.8) is 0 Å². The quantitative estimate of drug-likeness (QED) is 0.679. The molecule has 1 aromatic carbocycles. The van der Waals surface area contributed by atoms with Gasteiger partial charge in [0.15, 0.2) is 0 Å². The predicted octanol–water partition coefficient (Wildman–Crippen LogP) is 0.322. The highest BCUT2D eigenvalue weighted by Crippen LogP contribution is 2.33. The molecule has 156 valence electrons. The molecule has 9 nitrogen and oxygen atoms in total. The molecule has 3 rings (SSSR count). The van der Waals surface area contributed by atoms with E-state index in [9.17, 15) is 18.0 Å². The zero-order chi connectivity index (χ0) is 21.2. The second-order valence-electron chi connectivity index (χ2n) is 6.67. The van der Waals surface area contributed by atoms with E-state index < -0.39 is 15.9 Å². The highest BCUT2D eigenvalue weighted by atomic mass is 32.2. The van der Waals surface area contributed by atoms with Crippen molar-refractivity contribution in [3.05, 3.63) is 37.1 Å². The van der Waals surface area contributed by atoms with Crippen molar-refractivity contribution in [2.75, 3.05) is 39.8 Å². The summed E-state index contributed by atoms with van der Waals surface area (Å²) in [6.45, 7) is 4.08. The second-order valence-corrected chi connectivity index (χ2v) is 8.57. The number of carbonyl (C=O) groups excluding carboxylic acids is 2. The molecule has 2 aromatic rings. The van der Waals surface area contributed by atoms with Crippen LogP contribution in [0.2, 0.25) is 0 Å². The van der Waals surface area contributed by atoms with Crippen molar-refractivity contribution in [1.29, 1.82) is 0 Å². The molecule has 10 heteroatoms. The summed E-state index contributed by atoms with van der Waals surface area (Å²) in [6.07, 6.45) is 2.68. The molecule has 1 saturated heterocycles. The lowest BCUT2D eigenvalue weighted by atomic mass is 10.2. The first-order valence-electron chi connectivity index (χ1n) is 9.09. The minimum atomic E-state index is -3.74. The fraction of sp³-hybridized carbons (Fsp3) is 0.368. The average Bonchev–Trinajstić information content (AvgIpc) is 3.09. The van der Waals surface area contributed by atoms with Gasteiger partial charge in [0.2, 0.25) is 21.8 Å². The number of amides is 2. The standard InChI is InChI=1S/C19H24N4O5S/c1-4-17(24)20-12-18(25)22-8-10-23(11-9-22)29(26,27)16-13-21(2)19-14(16)6-5-7-15(19)28-3/h4-7,13H,1,8-12H2,2-3H3,(H,20,24). The fourth-order valence-electron chi connectivity index (χ4n) is 3.43. The summed E-state index contributed by atoms with van der Waals surface area (Å²) in [5.74, 6) is -0.0819. The van der Waals surface area contributed by atoms with Gasteiger partial charge < -0.3 is 19.5 Å². The Kier molecular flexibility index (Phi) is 5.94. The number of carbonyl (C=O) groups is 2. The monoisotopic (exact) mass is 420 g/mol. The Balaban J connectivity index is 1.76. The molecule has 0 spiro atoms. The summed E-state index contributed by atoms with van der Waals surface area (Å²) in [6, 6.07) is 5.30. The molecular formula is C19H24N4O5S. The molecule has 29 heavy (non-hydrogen) atoms. The van der Waals surface area contributed by atoms with Gasteiger partial charge >= 0.3 is 0 Å². The highest BCUT2D eigenvalue weighted by Gasteiger charge is 2.32. The van der Waals surface area contributed by atoms with E-state index >= 15 is 0 Å². The number of methoxy groups -OCH3 is 1. The Morgan fingerprint density at radius 2 is 1.93 bits per heavy atom. The Morgan fingerprint density at radius 3 is 2.55 bits per heavy atom. The lowest BCUT2D eigenvalue weighted by Gasteiger charge is -2.34. The largest absolute Gasteiger partial charge is 0.495 e. The lowest BCUT2D eigenvalue weighted by molar-refractivity contribution is -0.133. The van der Waals surface area contributed by atoms with E-state index in [0.29, 0.717) is 16.7 Å². The number of hydrogen-bond acceptors (Lipinski definition) is 5. The first-order valence-corrected chi connectivity index (χ1v) is 10.5. The average molecular weight is 420 g/mol. The van der Waals surface area contributed by atoms with E-state index in [1.165, 1.54) is 4.31 Å². The van der Waals surface area contributed by atoms with Crippen molar-refractivity contribution in [2.24, 2.45) is 7.05 Å². The molecule has 0 saturated carbocycles. The van der Waals surface area contributed by atoms with Gasteiger partial charge in [0.1, 0.15) is 10.6 Å². The second kappa shape index (κ2) is 8.26. The molecule has 2 heterocycles. The normalized spacial score (nSPS) is 15.3. The molecule has 1 N–H and O–H groups in total. The molecule has 0 bridgehead atoms. The molecular weight excluding hydrogens is 396 g/mol. The first kappa shape index (κ1) is 20.9. The van der Waals surface area contributed by atoms with Crippen LogP contribution in [0, 0.1) is 0 Å². The number of fused-ring (bicyclic) bond motifs is 1. The van der Waals surface area contributed by atoms with Crippen LogP contribution >= 0.6 is 0 Å². The third-order valence-electron chi connectivity index (χ3n) is 4.96. The van der Waals surface area contributed by atoms with E-state index in [1.54, 1.807) is 48.0 Å². The van der Waals surface area contributed by atoms with Gasteiger partial charge in [0.05, 0.1) is 19.2 Å². The van der Waals surface area contributed by atoms with Crippen LogP contribution in [0.15, 0.2) is 41.9 Å². The number of rotatable bonds is 6. The summed E-state index contributed by atoms with van der Waals surface area (Å²) in [5, 5.41) is 3.03. The molecule has 1 fully saturated rings. The Morgan fingerprint density at radius 1 is 1.24 bits per heavy atom. The topological polar surface area (TPSA) is 101 Å². The van der Waals surface area contributed by atoms with Crippen LogP contribution in [0.25, 0.3) is 10.9 Å². The number of nitrogens with one attached hydrogen (secondary N) is 1. The van der Waals surface area contributed by atoms with E-state index in [-0.39, 0.29) is 43.5 Å². The molecule has 0 radical (unpaired) electrons. The number of para-hydroxylation sites is 1. The van der Waals surface area contributed by atoms with E-state index in [1.807, 2.05) is 0 Å². The van der Waals surface area contributed by atoms with Crippen molar-refractivity contribution < 1.29 is 22.7 Å². The van der Waals surface area contributed by atoms with E-state index in [4.69, 9.17) is 4.74 Å². The number of sulfonamides is 1. The van der Waals surface area contributed by atoms with Crippen LogP contribution < -0.4 is 10.1 Å². The Labute approximate surface area is 169 Å². The van der Waals surface area contributed by atoms with Gasteiger partial charge in [-0.2, -0.15) is 4.31 Å². The number of hydrogen-bond donors (Lipinski definition) is 1. The SMILES string of the molecule is C=CC(=O)NCC(=O)N1CCN(S(=O)(=O)c2cn(C)c3c(OC)cccc23)CC1. The van der Waals surface area contributed by atoms with Gasteiger partial charge in [-0.3, -0.25) is 9.59 Å². The molecule has 1 aliphatic rings.